The molecule has 0 bridgehead atoms. The molecule has 0 radical (unpaired) electrons. The van der Waals surface area contributed by atoms with Crippen LogP contribution in [0, 0.1) is 0 Å². The fourth-order valence-corrected chi connectivity index (χ4v) is 7.26. The van der Waals surface area contributed by atoms with Gasteiger partial charge in [-0.05, 0) is 0 Å². The quantitative estimate of drug-likeness (QED) is 0.468. The van der Waals surface area contributed by atoms with Crippen molar-refractivity contribution in [3.8, 4) is 0 Å². The maximum atomic E-state index is 10.1. The first kappa shape index (κ1) is 23.7. The fraction of sp³-hybridized carbons (Fsp3) is 1.00. The molecular weight excluding hydrogens is 356 g/mol. The van der Waals surface area contributed by atoms with Crippen LogP contribution in [0.2, 0.25) is 0 Å². The minimum absolute atomic E-state index is 0.132. The van der Waals surface area contributed by atoms with Crippen LogP contribution in [-0.4, -0.2) is 41.3 Å². The van der Waals surface area contributed by atoms with E-state index in [2.05, 4.69) is 0 Å². The van der Waals surface area contributed by atoms with E-state index >= 15 is 0 Å². The summed E-state index contributed by atoms with van der Waals surface area (Å²) in [5.41, 5.74) is 0. The molecular formula is C14H34O7SiTi. The van der Waals surface area contributed by atoms with Crippen LogP contribution in [0.4, 0.5) is 0 Å². The first-order chi connectivity index (χ1) is 10.6. The normalized spacial score (nSPS) is 19.2. The van der Waals surface area contributed by atoms with Crippen LogP contribution in [0.15, 0.2) is 0 Å². The van der Waals surface area contributed by atoms with Crippen molar-refractivity contribution in [2.45, 2.75) is 86.0 Å². The van der Waals surface area contributed by atoms with E-state index in [0.29, 0.717) is 0 Å². The molecule has 0 heterocycles. The van der Waals surface area contributed by atoms with Crippen LogP contribution in [0.1, 0.15) is 67.7 Å². The zero-order valence-electron chi connectivity index (χ0n) is 15.5. The summed E-state index contributed by atoms with van der Waals surface area (Å²) in [5, 5.41) is 0. The van der Waals surface area contributed by atoms with Gasteiger partial charge in [0.1, 0.15) is 0 Å². The standard InChI is InChI=1S/C12H27O4Si.C2H5O.2H2O.Ti/c1-7-10(4)14-17(13,15-11(5)8-2)16-12(6)9-3;1-2-3;;;/h10-12H,7-9H2,1-6H3;2H2,1H3;2*1H2;/q2*-1;;;+4/p-2. The van der Waals surface area contributed by atoms with Gasteiger partial charge in [0, 0.05) is 0 Å². The SMILES string of the molecule is CC[O][Ti]([OH])([OH])[O][Si](OC(C)CC)(OC(C)CC)OC(C)CC. The van der Waals surface area contributed by atoms with E-state index in [0.717, 1.165) is 19.3 Å². The van der Waals surface area contributed by atoms with Crippen LogP contribution in [0.3, 0.4) is 0 Å². The molecule has 0 aliphatic carbocycles. The summed E-state index contributed by atoms with van der Waals surface area (Å²) in [6.07, 6.45) is 1.56. The van der Waals surface area contributed by atoms with Crippen LogP contribution >= 0.6 is 0 Å². The van der Waals surface area contributed by atoms with Crippen LogP contribution in [-0.2, 0) is 37.7 Å². The van der Waals surface area contributed by atoms with Crippen molar-refractivity contribution < 1.29 is 45.1 Å². The summed E-state index contributed by atoms with van der Waals surface area (Å²) < 4.78 is 48.5. The molecule has 23 heavy (non-hydrogen) atoms. The van der Waals surface area contributed by atoms with Gasteiger partial charge in [0.15, 0.2) is 0 Å². The molecule has 0 amide bonds. The van der Waals surface area contributed by atoms with Crippen molar-refractivity contribution in [2.24, 2.45) is 0 Å². The summed E-state index contributed by atoms with van der Waals surface area (Å²) in [7, 11) is -3.76. The second kappa shape index (κ2) is 11.3. The predicted molar refractivity (Wildman–Crippen MR) is 85.4 cm³/mol. The molecule has 0 saturated carbocycles. The van der Waals surface area contributed by atoms with E-state index in [4.69, 9.17) is 19.6 Å². The average molecular weight is 390 g/mol. The molecule has 0 fully saturated rings. The van der Waals surface area contributed by atoms with Gasteiger partial charge in [-0.15, -0.1) is 0 Å². The molecule has 0 aromatic rings. The Hall–Kier alpha value is 0.651. The molecule has 0 aromatic heterocycles. The first-order valence-electron chi connectivity index (χ1n) is 8.45. The van der Waals surface area contributed by atoms with Gasteiger partial charge in [-0.1, -0.05) is 0 Å². The van der Waals surface area contributed by atoms with Gasteiger partial charge in [0.25, 0.3) is 0 Å². The molecule has 7 nitrogen and oxygen atoms in total. The molecule has 0 aliphatic heterocycles. The Morgan fingerprint density at radius 3 is 1.39 bits per heavy atom. The Balaban J connectivity index is 5.50. The fourth-order valence-electron chi connectivity index (χ4n) is 1.53. The summed E-state index contributed by atoms with van der Waals surface area (Å²) in [5.74, 6) is 0. The second-order valence-electron chi connectivity index (χ2n) is 5.59. The Morgan fingerprint density at radius 2 is 1.13 bits per heavy atom. The van der Waals surface area contributed by atoms with E-state index in [1.165, 1.54) is 0 Å². The zero-order chi connectivity index (χ0) is 18.1. The third-order valence-corrected chi connectivity index (χ3v) is 9.40. The van der Waals surface area contributed by atoms with E-state index in [1.807, 2.05) is 41.5 Å². The monoisotopic (exact) mass is 390 g/mol. The number of hydrogen-bond acceptors (Lipinski definition) is 7. The van der Waals surface area contributed by atoms with Crippen molar-refractivity contribution in [1.29, 1.82) is 0 Å². The van der Waals surface area contributed by atoms with Gasteiger partial charge in [-0.2, -0.15) is 0 Å². The zero-order valence-corrected chi connectivity index (χ0v) is 18.1. The average Bonchev–Trinajstić information content (AvgIpc) is 2.45. The molecule has 9 heteroatoms. The first-order valence-corrected chi connectivity index (χ1v) is 12.8. The van der Waals surface area contributed by atoms with E-state index in [9.17, 15) is 7.38 Å². The van der Waals surface area contributed by atoms with Gasteiger partial charge in [0.2, 0.25) is 0 Å². The van der Waals surface area contributed by atoms with E-state index in [1.54, 1.807) is 6.92 Å². The van der Waals surface area contributed by atoms with Gasteiger partial charge >= 0.3 is 147 Å². The third kappa shape index (κ3) is 9.64. The van der Waals surface area contributed by atoms with Crippen LogP contribution in [0.25, 0.3) is 0 Å². The topological polar surface area (TPSA) is 86.6 Å². The van der Waals surface area contributed by atoms with Crippen molar-refractivity contribution in [3.05, 3.63) is 0 Å². The summed E-state index contributed by atoms with van der Waals surface area (Å²) in [6.45, 7) is 13.3. The van der Waals surface area contributed by atoms with E-state index < -0.39 is 27.2 Å². The Kier molecular flexibility index (Phi) is 11.6. The maximum absolute atomic E-state index is 10.1. The van der Waals surface area contributed by atoms with Gasteiger partial charge in [-0.3, -0.25) is 0 Å². The van der Waals surface area contributed by atoms with Gasteiger partial charge in [-0.25, -0.2) is 0 Å². The molecule has 0 spiro atoms. The van der Waals surface area contributed by atoms with Gasteiger partial charge in [0.05, 0.1) is 0 Å². The molecule has 3 atom stereocenters. The van der Waals surface area contributed by atoms with Crippen molar-refractivity contribution in [1.82, 2.24) is 0 Å². The summed E-state index contributed by atoms with van der Waals surface area (Å²) in [4.78, 5) is 0. The van der Waals surface area contributed by atoms with Crippen molar-refractivity contribution in [3.63, 3.8) is 0 Å². The van der Waals surface area contributed by atoms with Gasteiger partial charge < -0.3 is 0 Å². The molecule has 2 N–H and O–H groups in total. The van der Waals surface area contributed by atoms with E-state index in [-0.39, 0.29) is 24.9 Å². The second-order valence-corrected chi connectivity index (χ2v) is 10.6. The van der Waals surface area contributed by atoms with Crippen LogP contribution < -0.4 is 0 Å². The minimum atomic E-state index is -4.94. The third-order valence-electron chi connectivity index (χ3n) is 3.35. The Morgan fingerprint density at radius 1 is 0.783 bits per heavy atom. The molecule has 3 unspecified atom stereocenters. The molecule has 0 aliphatic rings. The van der Waals surface area contributed by atoms with Crippen molar-refractivity contribution in [2.75, 3.05) is 6.61 Å². The van der Waals surface area contributed by atoms with Crippen LogP contribution in [0.5, 0.6) is 0 Å². The molecule has 0 rings (SSSR count). The Labute approximate surface area is 147 Å². The summed E-state index contributed by atoms with van der Waals surface area (Å²) >= 11 is -4.94. The molecule has 0 aromatic carbocycles. The van der Waals surface area contributed by atoms with Crippen molar-refractivity contribution >= 4 is 9.05 Å². The Bertz CT molecular complexity index is 288. The molecule has 0 saturated heterocycles. The number of hydrogen-bond donors (Lipinski definition) is 2. The predicted octanol–water partition coefficient (Wildman–Crippen LogP) is 2.72. The molecule has 140 valence electrons. The summed E-state index contributed by atoms with van der Waals surface area (Å²) in [6, 6.07) is 0. The number of rotatable bonds is 13.